The Labute approximate surface area is 60.0 Å². The fourth-order valence-electron chi connectivity index (χ4n) is 0.393. The molecule has 0 saturated heterocycles. The Morgan fingerprint density at radius 3 is 2.11 bits per heavy atom. The van der Waals surface area contributed by atoms with Gasteiger partial charge in [-0.25, -0.2) is 0 Å². The van der Waals surface area contributed by atoms with Gasteiger partial charge in [0.25, 0.3) is 0 Å². The first-order valence-electron chi connectivity index (χ1n) is 2.74. The molecule has 1 unspecified atom stereocenters. The van der Waals surface area contributed by atoms with Gasteiger partial charge in [0.1, 0.15) is 5.78 Å². The first-order valence-corrected chi connectivity index (χ1v) is 3.26. The van der Waals surface area contributed by atoms with Crippen LogP contribution in [-0.4, -0.2) is 16.8 Å². The van der Waals surface area contributed by atoms with Gasteiger partial charge in [-0.1, -0.05) is 0 Å². The van der Waals surface area contributed by atoms with Gasteiger partial charge < -0.3 is 0 Å². The molecule has 0 aliphatic carbocycles. The molecule has 1 atom stereocenters. The van der Waals surface area contributed by atoms with E-state index in [-0.39, 0.29) is 23.2 Å². The van der Waals surface area contributed by atoms with Gasteiger partial charge in [0.05, 0.1) is 11.7 Å². The van der Waals surface area contributed by atoms with Crippen molar-refractivity contribution in [2.24, 2.45) is 0 Å². The zero-order valence-corrected chi connectivity index (χ0v) is 6.44. The molecule has 0 aliphatic heterocycles. The number of rotatable bonds is 3. The van der Waals surface area contributed by atoms with Crippen molar-refractivity contribution in [3.05, 3.63) is 0 Å². The fourth-order valence-corrected chi connectivity index (χ4v) is 0.484. The van der Waals surface area contributed by atoms with E-state index in [1.165, 1.54) is 6.92 Å². The lowest BCUT2D eigenvalue weighted by molar-refractivity contribution is -0.125. The van der Waals surface area contributed by atoms with Crippen LogP contribution >= 0.6 is 12.6 Å². The van der Waals surface area contributed by atoms with Crippen LogP contribution in [0.2, 0.25) is 0 Å². The van der Waals surface area contributed by atoms with Crippen molar-refractivity contribution in [2.45, 2.75) is 25.5 Å². The molecule has 0 fully saturated rings. The summed E-state index contributed by atoms with van der Waals surface area (Å²) >= 11 is 3.87. The number of hydrogen-bond acceptors (Lipinski definition) is 3. The molecule has 0 aromatic carbocycles. The Kier molecular flexibility index (Phi) is 3.54. The summed E-state index contributed by atoms with van der Waals surface area (Å²) in [5.74, 6) is -0.202. The maximum atomic E-state index is 10.7. The van der Waals surface area contributed by atoms with Gasteiger partial charge in [-0.05, 0) is 13.8 Å². The average Bonchev–Trinajstić information content (AvgIpc) is 1.63. The Morgan fingerprint density at radius 1 is 1.56 bits per heavy atom. The van der Waals surface area contributed by atoms with Crippen LogP contribution < -0.4 is 0 Å². The molecule has 0 amide bonds. The predicted molar refractivity (Wildman–Crippen MR) is 38.8 cm³/mol. The number of thiol groups is 1. The van der Waals surface area contributed by atoms with Gasteiger partial charge in [0, 0.05) is 0 Å². The Hall–Kier alpha value is -0.310. The highest BCUT2D eigenvalue weighted by molar-refractivity contribution is 7.81. The molecule has 0 heterocycles. The van der Waals surface area contributed by atoms with Crippen LogP contribution in [0.15, 0.2) is 0 Å². The van der Waals surface area contributed by atoms with E-state index in [4.69, 9.17) is 0 Å². The van der Waals surface area contributed by atoms with E-state index in [2.05, 4.69) is 12.6 Å². The third-order valence-corrected chi connectivity index (χ3v) is 1.18. The molecule has 2 nitrogen and oxygen atoms in total. The first kappa shape index (κ1) is 8.69. The van der Waals surface area contributed by atoms with Gasteiger partial charge in [-0.2, -0.15) is 12.6 Å². The van der Waals surface area contributed by atoms with Crippen molar-refractivity contribution in [2.75, 3.05) is 0 Å². The molecule has 0 saturated carbocycles. The molecule has 0 radical (unpaired) electrons. The SMILES string of the molecule is CC(=O)CC(=O)C(C)S. The molecule has 0 aromatic rings. The maximum Gasteiger partial charge on any atom is 0.152 e. The van der Waals surface area contributed by atoms with Gasteiger partial charge in [0.2, 0.25) is 0 Å². The van der Waals surface area contributed by atoms with Crippen molar-refractivity contribution in [1.29, 1.82) is 0 Å². The lowest BCUT2D eigenvalue weighted by Crippen LogP contribution is -2.13. The third kappa shape index (κ3) is 4.21. The normalized spacial score (nSPS) is 12.8. The molecule has 9 heavy (non-hydrogen) atoms. The zero-order valence-electron chi connectivity index (χ0n) is 5.55. The van der Waals surface area contributed by atoms with Crippen LogP contribution in [0.1, 0.15) is 20.3 Å². The highest BCUT2D eigenvalue weighted by Gasteiger charge is 2.09. The summed E-state index contributed by atoms with van der Waals surface area (Å²) in [6, 6.07) is 0. The van der Waals surface area contributed by atoms with Crippen LogP contribution in [0.5, 0.6) is 0 Å². The van der Waals surface area contributed by atoms with Crippen molar-refractivity contribution >= 4 is 24.2 Å². The summed E-state index contributed by atoms with van der Waals surface area (Å²) in [6.07, 6.45) is 0.0185. The lowest BCUT2D eigenvalue weighted by Gasteiger charge is -1.97. The number of carbonyl (C=O) groups excluding carboxylic acids is 2. The summed E-state index contributed by atoms with van der Waals surface area (Å²) in [6.45, 7) is 3.06. The van der Waals surface area contributed by atoms with Crippen molar-refractivity contribution in [1.82, 2.24) is 0 Å². The van der Waals surface area contributed by atoms with Crippen LogP contribution in [0, 0.1) is 0 Å². The maximum absolute atomic E-state index is 10.7. The van der Waals surface area contributed by atoms with E-state index in [0.29, 0.717) is 0 Å². The first-order chi connectivity index (χ1) is 4.04. The zero-order chi connectivity index (χ0) is 7.44. The minimum absolute atomic E-state index is 0.0185. The summed E-state index contributed by atoms with van der Waals surface area (Å²) in [5.41, 5.74) is 0. The number of carbonyl (C=O) groups is 2. The Morgan fingerprint density at radius 2 is 2.00 bits per heavy atom. The molecule has 0 spiro atoms. The molecule has 0 rings (SSSR count). The third-order valence-electron chi connectivity index (χ3n) is 0.889. The van der Waals surface area contributed by atoms with Gasteiger partial charge in [-0.3, -0.25) is 9.59 Å². The van der Waals surface area contributed by atoms with Crippen LogP contribution in [0.3, 0.4) is 0 Å². The average molecular weight is 146 g/mol. The van der Waals surface area contributed by atoms with Crippen molar-refractivity contribution < 1.29 is 9.59 Å². The Bertz CT molecular complexity index is 129. The number of hydrogen-bond donors (Lipinski definition) is 1. The van der Waals surface area contributed by atoms with Crippen LogP contribution in [0.25, 0.3) is 0 Å². The largest absolute Gasteiger partial charge is 0.300 e. The summed E-state index contributed by atoms with van der Waals surface area (Å²) in [5, 5.41) is -0.311. The minimum atomic E-state index is -0.311. The van der Waals surface area contributed by atoms with Crippen LogP contribution in [-0.2, 0) is 9.59 Å². The predicted octanol–water partition coefficient (Wildman–Crippen LogP) is 0.853. The molecule has 0 aromatic heterocycles. The molecular weight excluding hydrogens is 136 g/mol. The van der Waals surface area contributed by atoms with E-state index < -0.39 is 0 Å². The smallest absolute Gasteiger partial charge is 0.152 e. The van der Waals surface area contributed by atoms with E-state index in [9.17, 15) is 9.59 Å². The lowest BCUT2D eigenvalue weighted by atomic mass is 10.2. The molecule has 0 aliphatic rings. The standard InChI is InChI=1S/C6H10O2S/c1-4(7)3-6(8)5(2)9/h5,9H,3H2,1-2H3. The summed E-state index contributed by atoms with van der Waals surface area (Å²) < 4.78 is 0. The number of ketones is 2. The second-order valence-corrected chi connectivity index (χ2v) is 2.80. The molecule has 3 heteroatoms. The van der Waals surface area contributed by atoms with Gasteiger partial charge >= 0.3 is 0 Å². The summed E-state index contributed by atoms with van der Waals surface area (Å²) in [4.78, 5) is 21.0. The number of Topliss-reactive ketones (excluding diaryl/α,β-unsaturated/α-hetero) is 2. The minimum Gasteiger partial charge on any atom is -0.300 e. The highest BCUT2D eigenvalue weighted by Crippen LogP contribution is 1.98. The monoisotopic (exact) mass is 146 g/mol. The van der Waals surface area contributed by atoms with E-state index in [1.807, 2.05) is 0 Å². The van der Waals surface area contributed by atoms with Crippen LogP contribution in [0.4, 0.5) is 0 Å². The van der Waals surface area contributed by atoms with Crippen molar-refractivity contribution in [3.8, 4) is 0 Å². The van der Waals surface area contributed by atoms with Gasteiger partial charge in [0.15, 0.2) is 5.78 Å². The summed E-state index contributed by atoms with van der Waals surface area (Å²) in [7, 11) is 0. The van der Waals surface area contributed by atoms with E-state index in [0.717, 1.165) is 0 Å². The topological polar surface area (TPSA) is 34.1 Å². The second-order valence-electron chi connectivity index (χ2n) is 2.02. The second kappa shape index (κ2) is 3.67. The van der Waals surface area contributed by atoms with E-state index in [1.54, 1.807) is 6.92 Å². The molecule has 0 N–H and O–H groups in total. The highest BCUT2D eigenvalue weighted by atomic mass is 32.1. The van der Waals surface area contributed by atoms with Gasteiger partial charge in [-0.15, -0.1) is 0 Å². The molecule has 0 bridgehead atoms. The van der Waals surface area contributed by atoms with E-state index >= 15 is 0 Å². The molecule has 52 valence electrons. The Balaban J connectivity index is 3.64. The quantitative estimate of drug-likeness (QED) is 0.473. The van der Waals surface area contributed by atoms with Crippen molar-refractivity contribution in [3.63, 3.8) is 0 Å². The fraction of sp³-hybridized carbons (Fsp3) is 0.667. The molecular formula is C6H10O2S.